The van der Waals surface area contributed by atoms with Gasteiger partial charge in [-0.3, -0.25) is 14.9 Å². The van der Waals surface area contributed by atoms with Gasteiger partial charge in [0.2, 0.25) is 5.91 Å². The van der Waals surface area contributed by atoms with Crippen molar-refractivity contribution in [3.8, 4) is 11.5 Å². The first-order valence-corrected chi connectivity index (χ1v) is 9.16. The summed E-state index contributed by atoms with van der Waals surface area (Å²) in [5.41, 5.74) is 1.52. The van der Waals surface area contributed by atoms with Gasteiger partial charge in [0.25, 0.3) is 5.91 Å². The average Bonchev–Trinajstić information content (AvgIpc) is 3.38. The van der Waals surface area contributed by atoms with Crippen molar-refractivity contribution in [2.24, 2.45) is 0 Å². The lowest BCUT2D eigenvalue weighted by Gasteiger charge is -2.32. The fourth-order valence-corrected chi connectivity index (χ4v) is 3.26. The Kier molecular flexibility index (Phi) is 5.41. The number of aromatic nitrogens is 2. The molecule has 3 aromatic rings. The summed E-state index contributed by atoms with van der Waals surface area (Å²) in [6.45, 7) is -0.0988. The van der Waals surface area contributed by atoms with Crippen LogP contribution in [0.5, 0.6) is 0 Å². The highest BCUT2D eigenvalue weighted by Gasteiger charge is 2.30. The van der Waals surface area contributed by atoms with Crippen molar-refractivity contribution in [1.29, 1.82) is 0 Å². The molecular formula is C20H21N5O4. The number of benzene rings is 1. The fourth-order valence-electron chi connectivity index (χ4n) is 3.26. The molecular weight excluding hydrogens is 374 g/mol. The number of ether oxygens (including phenoxy) is 1. The molecule has 1 aliphatic rings. The molecule has 0 spiro atoms. The highest BCUT2D eigenvalue weighted by atomic mass is 16.5. The number of furan rings is 1. The minimum absolute atomic E-state index is 0.0988. The van der Waals surface area contributed by atoms with Crippen LogP contribution in [0.15, 0.2) is 59.2 Å². The van der Waals surface area contributed by atoms with Gasteiger partial charge in [-0.25, -0.2) is 4.68 Å². The molecule has 0 aliphatic carbocycles. The second-order valence-corrected chi connectivity index (χ2v) is 6.62. The van der Waals surface area contributed by atoms with Crippen LogP contribution in [-0.2, 0) is 14.3 Å². The van der Waals surface area contributed by atoms with Crippen LogP contribution in [0.1, 0.15) is 24.3 Å². The summed E-state index contributed by atoms with van der Waals surface area (Å²) in [4.78, 5) is 24.5. The second kappa shape index (κ2) is 8.29. The molecule has 3 heterocycles. The third-order valence-corrected chi connectivity index (χ3v) is 4.55. The highest BCUT2D eigenvalue weighted by Crippen LogP contribution is 2.28. The van der Waals surface area contributed by atoms with E-state index in [1.807, 2.05) is 30.3 Å². The van der Waals surface area contributed by atoms with Crippen molar-refractivity contribution in [1.82, 2.24) is 20.4 Å². The molecule has 2 amide bonds. The lowest BCUT2D eigenvalue weighted by atomic mass is 10.0. The molecule has 0 saturated carbocycles. The van der Waals surface area contributed by atoms with Crippen molar-refractivity contribution >= 4 is 17.6 Å². The van der Waals surface area contributed by atoms with Crippen LogP contribution in [0.4, 0.5) is 5.82 Å². The van der Waals surface area contributed by atoms with E-state index in [2.05, 4.69) is 21.0 Å². The minimum atomic E-state index is -0.650. The van der Waals surface area contributed by atoms with Gasteiger partial charge in [-0.2, -0.15) is 5.10 Å². The molecule has 0 radical (unpaired) electrons. The molecule has 9 nitrogen and oxygen atoms in total. The van der Waals surface area contributed by atoms with Crippen LogP contribution < -0.4 is 16.0 Å². The quantitative estimate of drug-likeness (QED) is 0.589. The largest absolute Gasteiger partial charge is 0.463 e. The zero-order valence-corrected chi connectivity index (χ0v) is 15.8. The third-order valence-electron chi connectivity index (χ3n) is 4.55. The van der Waals surface area contributed by atoms with Gasteiger partial charge in [0, 0.05) is 25.6 Å². The molecule has 2 unspecified atom stereocenters. The van der Waals surface area contributed by atoms with Gasteiger partial charge in [-0.15, -0.1) is 0 Å². The van der Waals surface area contributed by atoms with E-state index < -0.39 is 6.29 Å². The van der Waals surface area contributed by atoms with E-state index in [1.165, 1.54) is 11.8 Å². The van der Waals surface area contributed by atoms with E-state index in [0.717, 1.165) is 5.56 Å². The number of amides is 2. The molecule has 1 saturated heterocycles. The van der Waals surface area contributed by atoms with E-state index in [0.29, 0.717) is 23.7 Å². The Bertz CT molecular complexity index is 984. The van der Waals surface area contributed by atoms with Crippen molar-refractivity contribution in [2.45, 2.75) is 18.8 Å². The molecule has 2 aromatic heterocycles. The third kappa shape index (κ3) is 4.20. The maximum Gasteiger partial charge on any atom is 0.251 e. The van der Waals surface area contributed by atoms with E-state index in [4.69, 9.17) is 9.15 Å². The summed E-state index contributed by atoms with van der Waals surface area (Å²) < 4.78 is 11.8. The smallest absolute Gasteiger partial charge is 0.251 e. The molecule has 9 heteroatoms. The van der Waals surface area contributed by atoms with Crippen LogP contribution in [0.2, 0.25) is 0 Å². The zero-order valence-electron chi connectivity index (χ0n) is 15.8. The average molecular weight is 395 g/mol. The summed E-state index contributed by atoms with van der Waals surface area (Å²) in [5.74, 6) is 0.505. The first kappa shape index (κ1) is 18.9. The maximum absolute atomic E-state index is 12.4. The molecule has 1 aliphatic heterocycles. The maximum atomic E-state index is 12.4. The topological polar surface area (TPSA) is 110 Å². The fraction of sp³-hybridized carbons (Fsp3) is 0.250. The number of rotatable bonds is 6. The number of carbonyl (C=O) groups is 2. The molecule has 3 N–H and O–H groups in total. The van der Waals surface area contributed by atoms with Gasteiger partial charge in [0.15, 0.2) is 12.0 Å². The second-order valence-electron chi connectivity index (χ2n) is 6.62. The number of nitrogens with zero attached hydrogens (tertiary/aromatic N) is 2. The summed E-state index contributed by atoms with van der Waals surface area (Å²) in [5, 5.41) is 13.6. The highest BCUT2D eigenvalue weighted by molar-refractivity contribution is 5.91. The van der Waals surface area contributed by atoms with E-state index >= 15 is 0 Å². The van der Waals surface area contributed by atoms with Gasteiger partial charge in [0.1, 0.15) is 18.1 Å². The van der Waals surface area contributed by atoms with Gasteiger partial charge in [-0.05, 0) is 17.7 Å². The summed E-state index contributed by atoms with van der Waals surface area (Å²) in [6, 6.07) is 14.7. The number of carbonyl (C=O) groups excluding carboxylic acids is 2. The summed E-state index contributed by atoms with van der Waals surface area (Å²) in [6.07, 6.45) is 1.20. The van der Waals surface area contributed by atoms with Gasteiger partial charge in [-0.1, -0.05) is 30.3 Å². The van der Waals surface area contributed by atoms with E-state index in [9.17, 15) is 9.59 Å². The Balaban J connectivity index is 1.66. The van der Waals surface area contributed by atoms with Crippen molar-refractivity contribution in [3.63, 3.8) is 0 Å². The summed E-state index contributed by atoms with van der Waals surface area (Å²) in [7, 11) is 1.44. The Morgan fingerprint density at radius 1 is 1.31 bits per heavy atom. The van der Waals surface area contributed by atoms with Gasteiger partial charge >= 0.3 is 0 Å². The summed E-state index contributed by atoms with van der Waals surface area (Å²) >= 11 is 0. The van der Waals surface area contributed by atoms with Crippen molar-refractivity contribution in [3.05, 3.63) is 60.4 Å². The molecule has 2 atom stereocenters. The molecule has 29 heavy (non-hydrogen) atoms. The van der Waals surface area contributed by atoms with E-state index in [-0.39, 0.29) is 24.5 Å². The first-order valence-electron chi connectivity index (χ1n) is 9.16. The molecule has 1 aromatic carbocycles. The molecule has 4 rings (SSSR count). The number of hydrogen-bond acceptors (Lipinski definition) is 6. The van der Waals surface area contributed by atoms with Crippen LogP contribution in [0.3, 0.4) is 0 Å². The first-order chi connectivity index (χ1) is 14.1. The normalized spacial score (nSPS) is 19.0. The number of nitrogens with one attached hydrogen (secondary N) is 3. The number of methoxy groups -OCH3 is 1. The zero-order chi connectivity index (χ0) is 20.2. The Morgan fingerprint density at radius 3 is 2.86 bits per heavy atom. The monoisotopic (exact) mass is 395 g/mol. The lowest BCUT2D eigenvalue weighted by molar-refractivity contribution is -0.125. The molecule has 1 fully saturated rings. The molecule has 150 valence electrons. The van der Waals surface area contributed by atoms with Crippen LogP contribution in [0.25, 0.3) is 11.5 Å². The van der Waals surface area contributed by atoms with Crippen LogP contribution in [0, 0.1) is 0 Å². The van der Waals surface area contributed by atoms with Gasteiger partial charge in [0.05, 0.1) is 6.26 Å². The Labute approximate surface area is 167 Å². The van der Waals surface area contributed by atoms with E-state index in [1.54, 1.807) is 24.5 Å². The molecule has 0 bridgehead atoms. The standard InChI is InChI=1S/C20H21N5O4/c1-28-12-19(27)22-17-10-15(16-8-5-9-29-16)24-25(17)20-21-14(11-18(26)23-20)13-6-3-2-4-7-13/h2-10,14,20-21H,11-12H2,1H3,(H,22,27)(H,23,26). The van der Waals surface area contributed by atoms with Crippen molar-refractivity contribution < 1.29 is 18.7 Å². The van der Waals surface area contributed by atoms with Crippen LogP contribution >= 0.6 is 0 Å². The lowest BCUT2D eigenvalue weighted by Crippen LogP contribution is -2.50. The number of anilines is 1. The van der Waals surface area contributed by atoms with Gasteiger partial charge < -0.3 is 19.8 Å². The Hall–Kier alpha value is -3.43. The Morgan fingerprint density at radius 2 is 2.14 bits per heavy atom. The predicted octanol–water partition coefficient (Wildman–Crippen LogP) is 2.03. The predicted molar refractivity (Wildman–Crippen MR) is 105 cm³/mol. The van der Waals surface area contributed by atoms with Crippen molar-refractivity contribution in [2.75, 3.05) is 19.0 Å². The van der Waals surface area contributed by atoms with Crippen LogP contribution in [-0.4, -0.2) is 35.3 Å². The SMILES string of the molecule is COCC(=O)Nc1cc(-c2ccco2)nn1C1NC(=O)CC(c2ccccc2)N1. The minimum Gasteiger partial charge on any atom is -0.463 e. The number of hydrogen-bond donors (Lipinski definition) is 3.